The lowest BCUT2D eigenvalue weighted by atomic mass is 9.85. The van der Waals surface area contributed by atoms with Gasteiger partial charge in [-0.25, -0.2) is 4.79 Å². The minimum Gasteiger partial charge on any atom is -0.297 e. The van der Waals surface area contributed by atoms with Gasteiger partial charge in [0.25, 0.3) is 5.56 Å². The number of fused-ring (bicyclic) bond motifs is 1. The standard InChI is InChI=1S/C17H20N2O3S/c1-9-6-12(9)19-15(21)14-10(2)13(8-20)23-16(14)18(17(19)22)7-11-4-3-5-11/h8-9,11-12H,3-7H2,1-2H3/t9-,12-/m0/s1. The molecule has 5 nitrogen and oxygen atoms in total. The van der Waals surface area contributed by atoms with Crippen molar-refractivity contribution in [3.63, 3.8) is 0 Å². The molecule has 0 spiro atoms. The largest absolute Gasteiger partial charge is 0.332 e. The van der Waals surface area contributed by atoms with Crippen molar-refractivity contribution in [3.8, 4) is 0 Å². The van der Waals surface area contributed by atoms with Gasteiger partial charge < -0.3 is 0 Å². The zero-order valence-electron chi connectivity index (χ0n) is 13.4. The second kappa shape index (κ2) is 5.16. The number of thiophene rings is 1. The first-order valence-electron chi connectivity index (χ1n) is 8.26. The maximum absolute atomic E-state index is 13.0. The van der Waals surface area contributed by atoms with Gasteiger partial charge >= 0.3 is 5.69 Å². The van der Waals surface area contributed by atoms with E-state index in [2.05, 4.69) is 6.92 Å². The Morgan fingerprint density at radius 3 is 2.52 bits per heavy atom. The molecule has 2 heterocycles. The van der Waals surface area contributed by atoms with Gasteiger partial charge in [0.1, 0.15) is 4.83 Å². The molecule has 2 aliphatic rings. The molecule has 0 radical (unpaired) electrons. The summed E-state index contributed by atoms with van der Waals surface area (Å²) in [5.41, 5.74) is 0.308. The lowest BCUT2D eigenvalue weighted by Crippen LogP contribution is -2.41. The quantitative estimate of drug-likeness (QED) is 0.809. The number of aryl methyl sites for hydroxylation is 1. The summed E-state index contributed by atoms with van der Waals surface area (Å²) in [7, 11) is 0. The second-order valence-corrected chi connectivity index (χ2v) is 8.07. The Hall–Kier alpha value is -1.69. The smallest absolute Gasteiger partial charge is 0.297 e. The molecule has 2 aliphatic carbocycles. The van der Waals surface area contributed by atoms with Gasteiger partial charge in [0, 0.05) is 12.6 Å². The maximum Gasteiger partial charge on any atom is 0.332 e. The molecule has 0 N–H and O–H groups in total. The van der Waals surface area contributed by atoms with Crippen LogP contribution in [0.4, 0.5) is 0 Å². The third kappa shape index (κ3) is 2.15. The fourth-order valence-electron chi connectivity index (χ4n) is 3.54. The van der Waals surface area contributed by atoms with Crippen molar-refractivity contribution >= 4 is 27.8 Å². The van der Waals surface area contributed by atoms with Crippen LogP contribution in [0.5, 0.6) is 0 Å². The summed E-state index contributed by atoms with van der Waals surface area (Å²) in [4.78, 5) is 38.4. The van der Waals surface area contributed by atoms with E-state index in [9.17, 15) is 14.4 Å². The van der Waals surface area contributed by atoms with Crippen LogP contribution in [0.1, 0.15) is 53.9 Å². The van der Waals surface area contributed by atoms with Crippen LogP contribution in [0.25, 0.3) is 10.2 Å². The summed E-state index contributed by atoms with van der Waals surface area (Å²) < 4.78 is 3.20. The van der Waals surface area contributed by atoms with E-state index in [1.54, 1.807) is 4.57 Å². The predicted octanol–water partition coefficient (Wildman–Crippen LogP) is 2.73. The van der Waals surface area contributed by atoms with E-state index in [4.69, 9.17) is 0 Å². The van der Waals surface area contributed by atoms with E-state index in [-0.39, 0.29) is 17.3 Å². The molecule has 2 aromatic heterocycles. The Labute approximate surface area is 137 Å². The van der Waals surface area contributed by atoms with Crippen LogP contribution in [0.3, 0.4) is 0 Å². The van der Waals surface area contributed by atoms with Gasteiger partial charge in [-0.3, -0.25) is 18.7 Å². The summed E-state index contributed by atoms with van der Waals surface area (Å²) in [5, 5.41) is 0.565. The minimum atomic E-state index is -0.217. The van der Waals surface area contributed by atoms with E-state index in [0.29, 0.717) is 33.5 Å². The number of carbonyl (C=O) groups excluding carboxylic acids is 1. The lowest BCUT2D eigenvalue weighted by Gasteiger charge is -2.26. The zero-order valence-corrected chi connectivity index (χ0v) is 14.2. The highest BCUT2D eigenvalue weighted by molar-refractivity contribution is 7.20. The third-order valence-corrected chi connectivity index (χ3v) is 6.69. The maximum atomic E-state index is 13.0. The molecule has 0 unspecified atom stereocenters. The van der Waals surface area contributed by atoms with Gasteiger partial charge in [-0.15, -0.1) is 11.3 Å². The van der Waals surface area contributed by atoms with Gasteiger partial charge in [-0.05, 0) is 43.6 Å². The molecule has 2 fully saturated rings. The van der Waals surface area contributed by atoms with Crippen molar-refractivity contribution in [2.75, 3.05) is 0 Å². The van der Waals surface area contributed by atoms with Gasteiger partial charge in [0.15, 0.2) is 6.29 Å². The van der Waals surface area contributed by atoms with Gasteiger partial charge in [-0.1, -0.05) is 13.3 Å². The van der Waals surface area contributed by atoms with Crippen LogP contribution in [0, 0.1) is 18.8 Å². The molecule has 2 atom stereocenters. The monoisotopic (exact) mass is 332 g/mol. The zero-order chi connectivity index (χ0) is 16.3. The molecule has 0 amide bonds. The minimum absolute atomic E-state index is 0.0195. The van der Waals surface area contributed by atoms with Gasteiger partial charge in [-0.2, -0.15) is 0 Å². The fourth-order valence-corrected chi connectivity index (χ4v) is 4.66. The Morgan fingerprint density at radius 2 is 2.00 bits per heavy atom. The normalized spacial score (nSPS) is 23.9. The van der Waals surface area contributed by atoms with E-state index in [1.807, 2.05) is 6.92 Å². The third-order valence-electron chi connectivity index (χ3n) is 5.45. The highest BCUT2D eigenvalue weighted by atomic mass is 32.1. The topological polar surface area (TPSA) is 61.1 Å². The average Bonchev–Trinajstić information content (AvgIpc) is 3.07. The first-order valence-corrected chi connectivity index (χ1v) is 9.08. The lowest BCUT2D eigenvalue weighted by molar-refractivity contribution is 0.112. The molecule has 4 rings (SSSR count). The number of hydrogen-bond donors (Lipinski definition) is 0. The molecule has 122 valence electrons. The number of rotatable bonds is 4. The van der Waals surface area contributed by atoms with Crippen molar-refractivity contribution in [3.05, 3.63) is 31.3 Å². The van der Waals surface area contributed by atoms with Crippen molar-refractivity contribution in [2.45, 2.75) is 52.1 Å². The molecule has 0 bridgehead atoms. The fraction of sp³-hybridized carbons (Fsp3) is 0.588. The highest BCUT2D eigenvalue weighted by Crippen LogP contribution is 2.41. The molecule has 0 saturated heterocycles. The van der Waals surface area contributed by atoms with E-state index in [0.717, 1.165) is 31.1 Å². The van der Waals surface area contributed by atoms with Crippen LogP contribution in [-0.2, 0) is 6.54 Å². The molecule has 2 saturated carbocycles. The highest BCUT2D eigenvalue weighted by Gasteiger charge is 2.38. The van der Waals surface area contributed by atoms with Crippen molar-refractivity contribution in [1.29, 1.82) is 0 Å². The molecular weight excluding hydrogens is 312 g/mol. The Balaban J connectivity index is 2.02. The van der Waals surface area contributed by atoms with Crippen LogP contribution in [0.2, 0.25) is 0 Å². The van der Waals surface area contributed by atoms with E-state index >= 15 is 0 Å². The van der Waals surface area contributed by atoms with Crippen LogP contribution >= 0.6 is 11.3 Å². The summed E-state index contributed by atoms with van der Waals surface area (Å²) in [6.07, 6.45) is 5.16. The molecule has 2 aromatic rings. The molecular formula is C17H20N2O3S. The molecule has 0 aromatic carbocycles. The van der Waals surface area contributed by atoms with Crippen molar-refractivity contribution in [1.82, 2.24) is 9.13 Å². The number of nitrogens with zero attached hydrogens (tertiary/aromatic N) is 2. The number of aromatic nitrogens is 2. The van der Waals surface area contributed by atoms with Crippen LogP contribution in [-0.4, -0.2) is 15.4 Å². The molecule has 0 aliphatic heterocycles. The Kier molecular flexibility index (Phi) is 3.34. The van der Waals surface area contributed by atoms with Crippen LogP contribution < -0.4 is 11.2 Å². The Bertz CT molecular complexity index is 917. The van der Waals surface area contributed by atoms with Gasteiger partial charge in [0.2, 0.25) is 0 Å². The van der Waals surface area contributed by atoms with Crippen molar-refractivity contribution in [2.24, 2.45) is 11.8 Å². The summed E-state index contributed by atoms with van der Waals surface area (Å²) >= 11 is 1.28. The molecule has 6 heteroatoms. The van der Waals surface area contributed by atoms with E-state index in [1.165, 1.54) is 22.3 Å². The molecule has 23 heavy (non-hydrogen) atoms. The first kappa shape index (κ1) is 14.9. The number of carbonyl (C=O) groups is 1. The summed E-state index contributed by atoms with van der Waals surface area (Å²) in [6, 6.07) is 0.0195. The number of aldehydes is 1. The summed E-state index contributed by atoms with van der Waals surface area (Å²) in [6.45, 7) is 4.53. The average molecular weight is 332 g/mol. The Morgan fingerprint density at radius 1 is 1.30 bits per heavy atom. The SMILES string of the molecule is Cc1c(C=O)sc2c1c(=O)n([C@H]1C[C@@H]1C)c(=O)n2CC1CCC1. The van der Waals surface area contributed by atoms with Crippen molar-refractivity contribution < 1.29 is 4.79 Å². The predicted molar refractivity (Wildman–Crippen MR) is 90.6 cm³/mol. The second-order valence-electron chi connectivity index (χ2n) is 7.03. The van der Waals surface area contributed by atoms with Gasteiger partial charge in [0.05, 0.1) is 10.3 Å². The first-order chi connectivity index (χ1) is 11.0. The summed E-state index contributed by atoms with van der Waals surface area (Å²) in [5.74, 6) is 0.889. The number of hydrogen-bond acceptors (Lipinski definition) is 4. The van der Waals surface area contributed by atoms with E-state index < -0.39 is 0 Å². The van der Waals surface area contributed by atoms with Crippen LogP contribution in [0.15, 0.2) is 9.59 Å².